The Labute approximate surface area is 164 Å². The molecule has 2 aromatic carbocycles. The second-order valence-electron chi connectivity index (χ2n) is 5.97. The monoisotopic (exact) mass is 406 g/mol. The van der Waals surface area contributed by atoms with Gasteiger partial charge in [-0.05, 0) is 38.1 Å². The van der Waals surface area contributed by atoms with Gasteiger partial charge in [0.25, 0.3) is 0 Å². The van der Waals surface area contributed by atoms with E-state index in [-0.39, 0.29) is 16.3 Å². The number of carbonyl (C=O) groups excluding carboxylic acids is 1. The normalized spacial score (nSPS) is 11.6. The van der Waals surface area contributed by atoms with Crippen molar-refractivity contribution in [1.29, 1.82) is 0 Å². The van der Waals surface area contributed by atoms with Crippen LogP contribution in [0.3, 0.4) is 0 Å². The Hall–Kier alpha value is -2.61. The van der Waals surface area contributed by atoms with Crippen molar-refractivity contribution in [3.05, 3.63) is 59.4 Å². The predicted molar refractivity (Wildman–Crippen MR) is 102 cm³/mol. The number of benzene rings is 2. The SMILES string of the molecule is CCOc1ccc(C(C)=O)cc1CSc1nc(C(F)(F)F)nc2ccccc12. The molecule has 4 nitrogen and oxygen atoms in total. The van der Waals surface area contributed by atoms with Gasteiger partial charge in [-0.3, -0.25) is 4.79 Å². The highest BCUT2D eigenvalue weighted by Gasteiger charge is 2.35. The second-order valence-corrected chi connectivity index (χ2v) is 6.93. The van der Waals surface area contributed by atoms with Gasteiger partial charge in [0.15, 0.2) is 5.78 Å². The zero-order chi connectivity index (χ0) is 20.3. The average molecular weight is 406 g/mol. The van der Waals surface area contributed by atoms with E-state index in [2.05, 4.69) is 9.97 Å². The molecule has 0 unspecified atom stereocenters. The Balaban J connectivity index is 1.99. The molecule has 0 aliphatic rings. The van der Waals surface area contributed by atoms with Gasteiger partial charge in [-0.1, -0.05) is 18.2 Å². The third-order valence-corrected chi connectivity index (χ3v) is 4.99. The molecule has 0 saturated carbocycles. The Morgan fingerprint density at radius 3 is 2.57 bits per heavy atom. The maximum absolute atomic E-state index is 13.2. The average Bonchev–Trinajstić information content (AvgIpc) is 2.66. The van der Waals surface area contributed by atoms with E-state index < -0.39 is 12.0 Å². The fourth-order valence-corrected chi connectivity index (χ4v) is 3.63. The van der Waals surface area contributed by atoms with Gasteiger partial charge in [-0.15, -0.1) is 11.8 Å². The molecule has 0 N–H and O–H groups in total. The molecule has 0 bridgehead atoms. The van der Waals surface area contributed by atoms with E-state index in [4.69, 9.17) is 4.74 Å². The summed E-state index contributed by atoms with van der Waals surface area (Å²) < 4.78 is 45.1. The third-order valence-electron chi connectivity index (χ3n) is 3.95. The van der Waals surface area contributed by atoms with Crippen molar-refractivity contribution in [2.75, 3.05) is 6.61 Å². The summed E-state index contributed by atoms with van der Waals surface area (Å²) in [5.41, 5.74) is 1.47. The van der Waals surface area contributed by atoms with Crippen molar-refractivity contribution < 1.29 is 22.7 Å². The van der Waals surface area contributed by atoms with E-state index in [1.807, 2.05) is 6.92 Å². The van der Waals surface area contributed by atoms with Crippen molar-refractivity contribution in [3.8, 4) is 5.75 Å². The summed E-state index contributed by atoms with van der Waals surface area (Å²) in [5, 5.41) is 0.773. The lowest BCUT2D eigenvalue weighted by molar-refractivity contribution is -0.145. The van der Waals surface area contributed by atoms with E-state index in [1.54, 1.807) is 36.4 Å². The van der Waals surface area contributed by atoms with Gasteiger partial charge in [-0.2, -0.15) is 13.2 Å². The summed E-state index contributed by atoms with van der Waals surface area (Å²) in [4.78, 5) is 19.0. The summed E-state index contributed by atoms with van der Waals surface area (Å²) >= 11 is 1.15. The van der Waals surface area contributed by atoms with E-state index in [0.717, 1.165) is 17.3 Å². The predicted octanol–water partition coefficient (Wildman–Crippen LogP) is 5.54. The lowest BCUT2D eigenvalue weighted by Crippen LogP contribution is -2.11. The van der Waals surface area contributed by atoms with Crippen LogP contribution in [0.2, 0.25) is 0 Å². The Bertz CT molecular complexity index is 1020. The minimum atomic E-state index is -4.63. The molecule has 0 atom stereocenters. The molecule has 0 amide bonds. The van der Waals surface area contributed by atoms with Crippen molar-refractivity contribution in [3.63, 3.8) is 0 Å². The maximum atomic E-state index is 13.2. The van der Waals surface area contributed by atoms with Crippen LogP contribution >= 0.6 is 11.8 Å². The number of carbonyl (C=O) groups is 1. The van der Waals surface area contributed by atoms with Crippen molar-refractivity contribution >= 4 is 28.4 Å². The van der Waals surface area contributed by atoms with Gasteiger partial charge in [0.2, 0.25) is 5.82 Å². The number of fused-ring (bicyclic) bond motifs is 1. The zero-order valence-electron chi connectivity index (χ0n) is 15.2. The number of halogens is 3. The molecule has 0 aliphatic carbocycles. The first-order chi connectivity index (χ1) is 13.3. The number of hydrogen-bond acceptors (Lipinski definition) is 5. The highest BCUT2D eigenvalue weighted by atomic mass is 32.2. The first kappa shape index (κ1) is 20.1. The molecule has 8 heteroatoms. The summed E-state index contributed by atoms with van der Waals surface area (Å²) in [6.07, 6.45) is -4.63. The topological polar surface area (TPSA) is 52.1 Å². The second kappa shape index (κ2) is 8.18. The number of para-hydroxylation sites is 1. The standard InChI is InChI=1S/C20H17F3N2O2S/c1-3-27-17-9-8-13(12(2)26)10-14(17)11-28-18-15-6-4-5-7-16(15)24-19(25-18)20(21,22)23/h4-10H,3,11H2,1-2H3. The third kappa shape index (κ3) is 4.44. The van der Waals surface area contributed by atoms with E-state index in [1.165, 1.54) is 13.0 Å². The van der Waals surface area contributed by atoms with Crippen molar-refractivity contribution in [1.82, 2.24) is 9.97 Å². The molecular weight excluding hydrogens is 389 g/mol. The maximum Gasteiger partial charge on any atom is 0.451 e. The van der Waals surface area contributed by atoms with Crippen LogP contribution in [0.5, 0.6) is 5.75 Å². The quantitative estimate of drug-likeness (QED) is 0.306. The number of thioether (sulfide) groups is 1. The number of aromatic nitrogens is 2. The molecule has 1 aromatic heterocycles. The van der Waals surface area contributed by atoms with Gasteiger partial charge in [0.1, 0.15) is 10.8 Å². The van der Waals surface area contributed by atoms with Gasteiger partial charge in [0.05, 0.1) is 12.1 Å². The van der Waals surface area contributed by atoms with E-state index >= 15 is 0 Å². The van der Waals surface area contributed by atoms with Crippen LogP contribution in [0, 0.1) is 0 Å². The first-order valence-corrected chi connectivity index (χ1v) is 9.51. The number of rotatable bonds is 6. The Kier molecular flexibility index (Phi) is 5.88. The fraction of sp³-hybridized carbons (Fsp3) is 0.250. The number of nitrogens with zero attached hydrogens (tertiary/aromatic N) is 2. The number of ether oxygens (including phenoxy) is 1. The fourth-order valence-electron chi connectivity index (χ4n) is 2.64. The highest BCUT2D eigenvalue weighted by Crippen LogP contribution is 2.35. The molecular formula is C20H17F3N2O2S. The summed E-state index contributed by atoms with van der Waals surface area (Å²) in [6, 6.07) is 11.6. The van der Waals surface area contributed by atoms with Crippen LogP contribution in [-0.2, 0) is 11.9 Å². The summed E-state index contributed by atoms with van der Waals surface area (Å²) in [5.74, 6) is -0.374. The molecule has 3 aromatic rings. The lowest BCUT2D eigenvalue weighted by Gasteiger charge is -2.13. The van der Waals surface area contributed by atoms with Crippen LogP contribution in [-0.4, -0.2) is 22.4 Å². The highest BCUT2D eigenvalue weighted by molar-refractivity contribution is 7.98. The molecule has 3 rings (SSSR count). The molecule has 146 valence electrons. The van der Waals surface area contributed by atoms with Crippen molar-refractivity contribution in [2.24, 2.45) is 0 Å². The molecule has 0 spiro atoms. The minimum absolute atomic E-state index is 0.0962. The van der Waals surface area contributed by atoms with Gasteiger partial charge < -0.3 is 4.74 Å². The number of Topliss-reactive ketones (excluding diaryl/α,β-unsaturated/α-hetero) is 1. The lowest BCUT2D eigenvalue weighted by atomic mass is 10.1. The Morgan fingerprint density at radius 1 is 1.14 bits per heavy atom. The van der Waals surface area contributed by atoms with Gasteiger partial charge >= 0.3 is 6.18 Å². The number of hydrogen-bond donors (Lipinski definition) is 0. The molecule has 0 radical (unpaired) electrons. The molecule has 0 aliphatic heterocycles. The number of alkyl halides is 3. The molecule has 0 saturated heterocycles. The first-order valence-electron chi connectivity index (χ1n) is 8.53. The zero-order valence-corrected chi connectivity index (χ0v) is 16.0. The molecule has 28 heavy (non-hydrogen) atoms. The van der Waals surface area contributed by atoms with E-state index in [9.17, 15) is 18.0 Å². The Morgan fingerprint density at radius 2 is 1.89 bits per heavy atom. The van der Waals surface area contributed by atoms with Crippen LogP contribution in [0.1, 0.15) is 35.6 Å². The minimum Gasteiger partial charge on any atom is -0.494 e. The van der Waals surface area contributed by atoms with Gasteiger partial charge in [0, 0.05) is 22.3 Å². The smallest absolute Gasteiger partial charge is 0.451 e. The van der Waals surface area contributed by atoms with Crippen LogP contribution in [0.15, 0.2) is 47.5 Å². The largest absolute Gasteiger partial charge is 0.494 e. The molecule has 0 fully saturated rings. The van der Waals surface area contributed by atoms with E-state index in [0.29, 0.717) is 29.1 Å². The summed E-state index contributed by atoms with van der Waals surface area (Å²) in [7, 11) is 0. The van der Waals surface area contributed by atoms with Crippen molar-refractivity contribution in [2.45, 2.75) is 30.8 Å². The summed E-state index contributed by atoms with van der Waals surface area (Å²) in [6.45, 7) is 3.73. The van der Waals surface area contributed by atoms with Gasteiger partial charge in [-0.25, -0.2) is 9.97 Å². The number of ketones is 1. The van der Waals surface area contributed by atoms with Crippen LogP contribution < -0.4 is 4.74 Å². The van der Waals surface area contributed by atoms with Crippen LogP contribution in [0.25, 0.3) is 10.9 Å². The molecule has 1 heterocycles. The van der Waals surface area contributed by atoms with Crippen LogP contribution in [0.4, 0.5) is 13.2 Å².